The second-order valence-corrected chi connectivity index (χ2v) is 5.89. The Morgan fingerprint density at radius 2 is 1.85 bits per heavy atom. The minimum atomic E-state index is -4.48. The summed E-state index contributed by atoms with van der Waals surface area (Å²) in [7, 11) is 0. The highest BCUT2D eigenvalue weighted by Gasteiger charge is 2.33. The SMILES string of the molecule is CCN(c1cccc(C)c1)c1cnnc(Nc2ccccc2C(F)(F)F)n1. The first-order valence-electron chi connectivity index (χ1n) is 8.35. The topological polar surface area (TPSA) is 53.9 Å². The van der Waals surface area contributed by atoms with Crippen LogP contribution in [0.15, 0.2) is 54.7 Å². The predicted octanol–water partition coefficient (Wildman–Crippen LogP) is 5.10. The summed E-state index contributed by atoms with van der Waals surface area (Å²) in [4.78, 5) is 6.25. The number of halogens is 3. The molecule has 140 valence electrons. The minimum Gasteiger partial charge on any atom is -0.325 e. The normalized spacial score (nSPS) is 11.3. The molecule has 1 aromatic heterocycles. The lowest BCUT2D eigenvalue weighted by Gasteiger charge is -2.22. The van der Waals surface area contributed by atoms with Gasteiger partial charge in [-0.2, -0.15) is 23.3 Å². The van der Waals surface area contributed by atoms with Crippen LogP contribution in [0.4, 0.5) is 36.3 Å². The summed E-state index contributed by atoms with van der Waals surface area (Å²) < 4.78 is 39.5. The zero-order valence-electron chi connectivity index (χ0n) is 14.8. The predicted molar refractivity (Wildman–Crippen MR) is 98.4 cm³/mol. The number of aryl methyl sites for hydroxylation is 1. The molecule has 1 heterocycles. The molecule has 2 aromatic carbocycles. The lowest BCUT2D eigenvalue weighted by atomic mass is 10.1. The van der Waals surface area contributed by atoms with Gasteiger partial charge in [0.25, 0.3) is 0 Å². The number of para-hydroxylation sites is 1. The van der Waals surface area contributed by atoms with Crippen LogP contribution >= 0.6 is 0 Å². The zero-order chi connectivity index (χ0) is 19.4. The Morgan fingerprint density at radius 1 is 1.07 bits per heavy atom. The largest absolute Gasteiger partial charge is 0.418 e. The Balaban J connectivity index is 1.93. The lowest BCUT2D eigenvalue weighted by molar-refractivity contribution is -0.136. The van der Waals surface area contributed by atoms with Crippen LogP contribution in [0.2, 0.25) is 0 Å². The quantitative estimate of drug-likeness (QED) is 0.674. The number of hydrogen-bond acceptors (Lipinski definition) is 5. The van der Waals surface area contributed by atoms with Crippen molar-refractivity contribution in [2.45, 2.75) is 20.0 Å². The summed E-state index contributed by atoms with van der Waals surface area (Å²) in [5, 5.41) is 10.3. The summed E-state index contributed by atoms with van der Waals surface area (Å²) in [6.07, 6.45) is -3.00. The molecule has 0 atom stereocenters. The van der Waals surface area contributed by atoms with E-state index in [4.69, 9.17) is 0 Å². The Morgan fingerprint density at radius 3 is 2.56 bits per heavy atom. The number of nitrogens with one attached hydrogen (secondary N) is 1. The molecule has 3 rings (SSSR count). The number of alkyl halides is 3. The van der Waals surface area contributed by atoms with E-state index in [0.29, 0.717) is 12.4 Å². The second kappa shape index (κ2) is 7.61. The molecule has 1 N–H and O–H groups in total. The van der Waals surface area contributed by atoms with E-state index in [1.807, 2.05) is 43.0 Å². The van der Waals surface area contributed by atoms with Gasteiger partial charge in [-0.25, -0.2) is 0 Å². The van der Waals surface area contributed by atoms with Crippen molar-refractivity contribution < 1.29 is 13.2 Å². The van der Waals surface area contributed by atoms with E-state index in [0.717, 1.165) is 17.3 Å². The number of aromatic nitrogens is 3. The fraction of sp³-hybridized carbons (Fsp3) is 0.211. The molecule has 3 aromatic rings. The monoisotopic (exact) mass is 373 g/mol. The highest BCUT2D eigenvalue weighted by Crippen LogP contribution is 2.35. The molecule has 8 heteroatoms. The highest BCUT2D eigenvalue weighted by atomic mass is 19.4. The van der Waals surface area contributed by atoms with E-state index < -0.39 is 11.7 Å². The molecule has 0 fully saturated rings. The van der Waals surface area contributed by atoms with E-state index in [-0.39, 0.29) is 11.6 Å². The van der Waals surface area contributed by atoms with Crippen molar-refractivity contribution in [2.75, 3.05) is 16.8 Å². The van der Waals surface area contributed by atoms with Gasteiger partial charge in [-0.05, 0) is 43.7 Å². The van der Waals surface area contributed by atoms with Gasteiger partial charge in [0.2, 0.25) is 5.95 Å². The third-order valence-corrected chi connectivity index (χ3v) is 3.93. The average Bonchev–Trinajstić information content (AvgIpc) is 2.62. The molecule has 27 heavy (non-hydrogen) atoms. The van der Waals surface area contributed by atoms with Gasteiger partial charge in [0.15, 0.2) is 5.82 Å². The van der Waals surface area contributed by atoms with Crippen molar-refractivity contribution in [1.29, 1.82) is 0 Å². The van der Waals surface area contributed by atoms with E-state index in [1.54, 1.807) is 0 Å². The molecule has 0 saturated carbocycles. The highest BCUT2D eigenvalue weighted by molar-refractivity contribution is 5.63. The van der Waals surface area contributed by atoms with Crippen molar-refractivity contribution in [3.8, 4) is 0 Å². The number of benzene rings is 2. The van der Waals surface area contributed by atoms with Gasteiger partial charge < -0.3 is 10.2 Å². The van der Waals surface area contributed by atoms with Gasteiger partial charge in [-0.1, -0.05) is 24.3 Å². The van der Waals surface area contributed by atoms with Crippen LogP contribution in [0.3, 0.4) is 0 Å². The number of anilines is 4. The van der Waals surface area contributed by atoms with Crippen LogP contribution in [0.25, 0.3) is 0 Å². The molecule has 0 spiro atoms. The van der Waals surface area contributed by atoms with Crippen LogP contribution in [0, 0.1) is 6.92 Å². The lowest BCUT2D eigenvalue weighted by Crippen LogP contribution is -2.19. The molecule has 0 aliphatic rings. The van der Waals surface area contributed by atoms with Gasteiger partial charge in [0.05, 0.1) is 17.4 Å². The summed E-state index contributed by atoms with van der Waals surface area (Å²) in [6, 6.07) is 13.0. The van der Waals surface area contributed by atoms with Gasteiger partial charge in [0, 0.05) is 12.2 Å². The smallest absolute Gasteiger partial charge is 0.325 e. The number of hydrogen-bond donors (Lipinski definition) is 1. The summed E-state index contributed by atoms with van der Waals surface area (Å²) in [6.45, 7) is 4.55. The standard InChI is InChI=1S/C19H18F3N5/c1-3-27(14-8-6-7-13(2)11-14)17-12-23-26-18(25-17)24-16-10-5-4-9-15(16)19(20,21)22/h4-12H,3H2,1-2H3,(H,24,25,26). The van der Waals surface area contributed by atoms with Crippen LogP contribution < -0.4 is 10.2 Å². The molecular weight excluding hydrogens is 355 g/mol. The fourth-order valence-corrected chi connectivity index (χ4v) is 2.71. The Hall–Kier alpha value is -3.16. The van der Waals surface area contributed by atoms with Crippen molar-refractivity contribution >= 4 is 23.1 Å². The molecule has 0 bridgehead atoms. The van der Waals surface area contributed by atoms with Gasteiger partial charge in [-0.3, -0.25) is 0 Å². The maximum Gasteiger partial charge on any atom is 0.418 e. The molecule has 0 unspecified atom stereocenters. The molecule has 0 aliphatic carbocycles. The van der Waals surface area contributed by atoms with Crippen molar-refractivity contribution in [3.05, 3.63) is 65.9 Å². The third-order valence-electron chi connectivity index (χ3n) is 3.93. The van der Waals surface area contributed by atoms with Crippen LogP contribution in [0.1, 0.15) is 18.1 Å². The van der Waals surface area contributed by atoms with Crippen molar-refractivity contribution in [2.24, 2.45) is 0 Å². The van der Waals surface area contributed by atoms with E-state index in [1.165, 1.54) is 24.4 Å². The summed E-state index contributed by atoms with van der Waals surface area (Å²) in [5.74, 6) is 0.486. The van der Waals surface area contributed by atoms with Crippen LogP contribution in [0.5, 0.6) is 0 Å². The summed E-state index contributed by atoms with van der Waals surface area (Å²) >= 11 is 0. The van der Waals surface area contributed by atoms with E-state index in [9.17, 15) is 13.2 Å². The summed E-state index contributed by atoms with van der Waals surface area (Å²) in [5.41, 5.74) is 1.10. The second-order valence-electron chi connectivity index (χ2n) is 5.89. The first-order chi connectivity index (χ1) is 12.9. The van der Waals surface area contributed by atoms with Gasteiger partial charge in [0.1, 0.15) is 0 Å². The van der Waals surface area contributed by atoms with Crippen molar-refractivity contribution in [1.82, 2.24) is 15.2 Å². The molecule has 0 aliphatic heterocycles. The maximum atomic E-state index is 13.2. The zero-order valence-corrected chi connectivity index (χ0v) is 14.8. The van der Waals surface area contributed by atoms with Crippen molar-refractivity contribution in [3.63, 3.8) is 0 Å². The van der Waals surface area contributed by atoms with Crippen LogP contribution in [-0.4, -0.2) is 21.7 Å². The van der Waals surface area contributed by atoms with E-state index in [2.05, 4.69) is 20.5 Å². The third kappa shape index (κ3) is 4.33. The molecule has 0 amide bonds. The molecule has 5 nitrogen and oxygen atoms in total. The van der Waals surface area contributed by atoms with E-state index >= 15 is 0 Å². The van der Waals surface area contributed by atoms with Crippen LogP contribution in [-0.2, 0) is 6.18 Å². The number of rotatable bonds is 5. The van der Waals surface area contributed by atoms with Gasteiger partial charge >= 0.3 is 6.18 Å². The Kier molecular flexibility index (Phi) is 5.25. The minimum absolute atomic E-state index is 0.00435. The average molecular weight is 373 g/mol. The maximum absolute atomic E-state index is 13.2. The first kappa shape index (κ1) is 18.6. The Bertz CT molecular complexity index is 927. The molecule has 0 radical (unpaired) electrons. The number of nitrogens with zero attached hydrogens (tertiary/aromatic N) is 4. The molecule has 0 saturated heterocycles. The molecular formula is C19H18F3N5. The Labute approximate surface area is 154 Å². The fourth-order valence-electron chi connectivity index (χ4n) is 2.71. The van der Waals surface area contributed by atoms with Gasteiger partial charge in [-0.15, -0.1) is 5.10 Å². The first-order valence-corrected chi connectivity index (χ1v) is 8.35.